The van der Waals surface area contributed by atoms with Gasteiger partial charge >= 0.3 is 0 Å². The molecular formula is C15H14N2O4. The number of aromatic nitrogens is 1. The minimum Gasteiger partial charge on any atom is -0.497 e. The fourth-order valence-corrected chi connectivity index (χ4v) is 1.84. The molecule has 6 heteroatoms. The molecule has 2 aromatic rings. The first-order valence-electron chi connectivity index (χ1n) is 6.15. The molecule has 1 aromatic heterocycles. The van der Waals surface area contributed by atoms with Crippen LogP contribution in [0.2, 0.25) is 0 Å². The molecule has 0 spiro atoms. The zero-order valence-electron chi connectivity index (χ0n) is 11.6. The number of nitro groups is 1. The van der Waals surface area contributed by atoms with Crippen molar-refractivity contribution < 1.29 is 14.4 Å². The maximum Gasteiger partial charge on any atom is 0.276 e. The Labute approximate surface area is 121 Å². The van der Waals surface area contributed by atoms with Crippen LogP contribution in [0.25, 0.3) is 12.2 Å². The average molecular weight is 286 g/mol. The Morgan fingerprint density at radius 3 is 2.57 bits per heavy atom. The van der Waals surface area contributed by atoms with Gasteiger partial charge in [0.2, 0.25) is 5.88 Å². The van der Waals surface area contributed by atoms with Crippen molar-refractivity contribution in [2.45, 2.75) is 0 Å². The predicted molar refractivity (Wildman–Crippen MR) is 79.4 cm³/mol. The van der Waals surface area contributed by atoms with E-state index in [1.165, 1.54) is 20.3 Å². The zero-order chi connectivity index (χ0) is 15.2. The molecule has 0 bridgehead atoms. The second-order valence-corrected chi connectivity index (χ2v) is 4.12. The van der Waals surface area contributed by atoms with E-state index in [4.69, 9.17) is 9.47 Å². The highest BCUT2D eigenvalue weighted by molar-refractivity contribution is 5.76. The molecule has 0 aliphatic heterocycles. The van der Waals surface area contributed by atoms with Crippen molar-refractivity contribution >= 4 is 17.8 Å². The average Bonchev–Trinajstić information content (AvgIpc) is 2.52. The zero-order valence-corrected chi connectivity index (χ0v) is 11.6. The first-order chi connectivity index (χ1) is 10.2. The van der Waals surface area contributed by atoms with Gasteiger partial charge in [0.1, 0.15) is 5.75 Å². The maximum atomic E-state index is 11.0. The van der Waals surface area contributed by atoms with Crippen LogP contribution in [0.3, 0.4) is 0 Å². The molecule has 108 valence electrons. The summed E-state index contributed by atoms with van der Waals surface area (Å²) in [7, 11) is 3.03. The van der Waals surface area contributed by atoms with Gasteiger partial charge in [0.05, 0.1) is 24.7 Å². The number of nitrogens with zero attached hydrogens (tertiary/aromatic N) is 2. The van der Waals surface area contributed by atoms with E-state index >= 15 is 0 Å². The third kappa shape index (κ3) is 3.36. The van der Waals surface area contributed by atoms with Gasteiger partial charge in [-0.15, -0.1) is 0 Å². The highest BCUT2D eigenvalue weighted by atomic mass is 16.6. The topological polar surface area (TPSA) is 74.5 Å². The summed E-state index contributed by atoms with van der Waals surface area (Å²) >= 11 is 0. The molecule has 2 rings (SSSR count). The number of ether oxygens (including phenoxy) is 2. The van der Waals surface area contributed by atoms with Gasteiger partial charge in [0.25, 0.3) is 5.69 Å². The van der Waals surface area contributed by atoms with Crippen LogP contribution in [0.5, 0.6) is 11.6 Å². The first kappa shape index (κ1) is 14.5. The Bertz CT molecular complexity index is 683. The number of pyridine rings is 1. The molecule has 0 atom stereocenters. The summed E-state index contributed by atoms with van der Waals surface area (Å²) in [5.74, 6) is 1.01. The molecule has 0 aliphatic carbocycles. The van der Waals surface area contributed by atoms with Crippen LogP contribution in [0.4, 0.5) is 5.69 Å². The van der Waals surface area contributed by atoms with Crippen LogP contribution in [0.15, 0.2) is 36.5 Å². The third-order valence-corrected chi connectivity index (χ3v) is 2.87. The monoisotopic (exact) mass is 286 g/mol. The summed E-state index contributed by atoms with van der Waals surface area (Å²) in [5.41, 5.74) is 1.19. The Morgan fingerprint density at radius 2 is 1.90 bits per heavy atom. The molecular weight excluding hydrogens is 272 g/mol. The van der Waals surface area contributed by atoms with E-state index < -0.39 is 4.92 Å². The van der Waals surface area contributed by atoms with Crippen molar-refractivity contribution in [3.8, 4) is 11.6 Å². The molecule has 6 nitrogen and oxygen atoms in total. The Hall–Kier alpha value is -2.89. The number of benzene rings is 1. The molecule has 0 N–H and O–H groups in total. The highest BCUT2D eigenvalue weighted by Gasteiger charge is 2.12. The van der Waals surface area contributed by atoms with E-state index in [-0.39, 0.29) is 5.69 Å². The van der Waals surface area contributed by atoms with E-state index in [1.54, 1.807) is 36.5 Å². The molecule has 0 amide bonds. The fraction of sp³-hybridized carbons (Fsp3) is 0.133. The van der Waals surface area contributed by atoms with Gasteiger partial charge < -0.3 is 9.47 Å². The number of methoxy groups -OCH3 is 2. The van der Waals surface area contributed by atoms with Gasteiger partial charge in [-0.2, -0.15) is 0 Å². The lowest BCUT2D eigenvalue weighted by atomic mass is 10.1. The molecule has 1 aromatic carbocycles. The standard InChI is InChI=1S/C15H14N2O4/c1-20-13-7-8-14(17(18)19)12(10-13)6-5-11-4-3-9-16-15(11)21-2/h3-10H,1-2H3/b6-5+. The predicted octanol–water partition coefficient (Wildman–Crippen LogP) is 3.18. The molecule has 1 heterocycles. The summed E-state index contributed by atoms with van der Waals surface area (Å²) in [5, 5.41) is 11.0. The highest BCUT2D eigenvalue weighted by Crippen LogP contribution is 2.26. The first-order valence-corrected chi connectivity index (χ1v) is 6.15. The van der Waals surface area contributed by atoms with Crippen LogP contribution in [0.1, 0.15) is 11.1 Å². The van der Waals surface area contributed by atoms with Crippen molar-refractivity contribution in [3.63, 3.8) is 0 Å². The van der Waals surface area contributed by atoms with Crippen LogP contribution < -0.4 is 9.47 Å². The summed E-state index contributed by atoms with van der Waals surface area (Å²) in [6.07, 6.45) is 4.97. The number of hydrogen-bond acceptors (Lipinski definition) is 5. The van der Waals surface area contributed by atoms with E-state index in [2.05, 4.69) is 4.98 Å². The van der Waals surface area contributed by atoms with Crippen LogP contribution in [-0.4, -0.2) is 24.1 Å². The second kappa shape index (κ2) is 6.51. The van der Waals surface area contributed by atoms with Crippen LogP contribution >= 0.6 is 0 Å². The van der Waals surface area contributed by atoms with Gasteiger partial charge in [0, 0.05) is 17.8 Å². The van der Waals surface area contributed by atoms with Crippen molar-refractivity contribution in [1.82, 2.24) is 4.98 Å². The minimum absolute atomic E-state index is 0.00917. The molecule has 0 radical (unpaired) electrons. The van der Waals surface area contributed by atoms with Gasteiger partial charge in [-0.1, -0.05) is 0 Å². The van der Waals surface area contributed by atoms with Crippen molar-refractivity contribution in [3.05, 3.63) is 57.8 Å². The van der Waals surface area contributed by atoms with Gasteiger partial charge in [-0.3, -0.25) is 10.1 Å². The Kier molecular flexibility index (Phi) is 4.50. The van der Waals surface area contributed by atoms with E-state index in [0.717, 1.165) is 5.56 Å². The molecule has 0 aliphatic rings. The Morgan fingerprint density at radius 1 is 1.14 bits per heavy atom. The SMILES string of the molecule is COc1ccc([N+](=O)[O-])c(/C=C/c2cccnc2OC)c1. The quantitative estimate of drug-likeness (QED) is 0.623. The largest absolute Gasteiger partial charge is 0.497 e. The van der Waals surface area contributed by atoms with Crippen LogP contribution in [0, 0.1) is 10.1 Å². The summed E-state index contributed by atoms with van der Waals surface area (Å²) in [6.45, 7) is 0. The smallest absolute Gasteiger partial charge is 0.276 e. The lowest BCUT2D eigenvalue weighted by molar-refractivity contribution is -0.385. The number of nitro benzene ring substituents is 1. The van der Waals surface area contributed by atoms with E-state index in [1.807, 2.05) is 6.07 Å². The van der Waals surface area contributed by atoms with E-state index in [0.29, 0.717) is 17.2 Å². The van der Waals surface area contributed by atoms with E-state index in [9.17, 15) is 10.1 Å². The maximum absolute atomic E-state index is 11.0. The normalized spacial score (nSPS) is 10.6. The van der Waals surface area contributed by atoms with Crippen molar-refractivity contribution in [2.24, 2.45) is 0 Å². The summed E-state index contributed by atoms with van der Waals surface area (Å²) < 4.78 is 10.2. The summed E-state index contributed by atoms with van der Waals surface area (Å²) in [4.78, 5) is 14.7. The molecule has 0 saturated heterocycles. The van der Waals surface area contributed by atoms with Gasteiger partial charge in [-0.25, -0.2) is 4.98 Å². The second-order valence-electron chi connectivity index (χ2n) is 4.12. The third-order valence-electron chi connectivity index (χ3n) is 2.87. The Balaban J connectivity index is 2.41. The molecule has 0 unspecified atom stereocenters. The lowest BCUT2D eigenvalue weighted by Gasteiger charge is -2.04. The minimum atomic E-state index is -0.431. The fourth-order valence-electron chi connectivity index (χ4n) is 1.84. The lowest BCUT2D eigenvalue weighted by Crippen LogP contribution is -1.93. The molecule has 0 saturated carbocycles. The van der Waals surface area contributed by atoms with Crippen molar-refractivity contribution in [2.75, 3.05) is 14.2 Å². The number of hydrogen-bond donors (Lipinski definition) is 0. The van der Waals surface area contributed by atoms with Crippen LogP contribution in [-0.2, 0) is 0 Å². The molecule has 0 fully saturated rings. The summed E-state index contributed by atoms with van der Waals surface area (Å²) in [6, 6.07) is 8.16. The van der Waals surface area contributed by atoms with Crippen molar-refractivity contribution in [1.29, 1.82) is 0 Å². The van der Waals surface area contributed by atoms with Gasteiger partial charge in [0.15, 0.2) is 0 Å². The molecule has 21 heavy (non-hydrogen) atoms. The van der Waals surface area contributed by atoms with Gasteiger partial charge in [-0.05, 0) is 36.4 Å². The number of rotatable bonds is 5.